The van der Waals surface area contributed by atoms with E-state index in [1.165, 1.54) is 0 Å². The molecule has 0 fully saturated rings. The molecule has 1 aromatic rings. The highest BCUT2D eigenvalue weighted by atomic mass is 32.1. The number of thiol groups is 1. The highest BCUT2D eigenvalue weighted by Gasteiger charge is 1.93. The second-order valence-corrected chi connectivity index (χ2v) is 2.51. The molecule has 3 heteroatoms. The summed E-state index contributed by atoms with van der Waals surface area (Å²) in [6, 6.07) is 5.64. The average molecular weight is 154 g/mol. The molecule has 54 valence electrons. The van der Waals surface area contributed by atoms with Gasteiger partial charge >= 0.3 is 0 Å². The number of rotatable bonds is 1. The highest BCUT2D eigenvalue weighted by molar-refractivity contribution is 7.80. The van der Waals surface area contributed by atoms with E-state index in [-0.39, 0.29) is 0 Å². The summed E-state index contributed by atoms with van der Waals surface area (Å²) < 4.78 is 0. The van der Waals surface area contributed by atoms with Gasteiger partial charge in [0.25, 0.3) is 0 Å². The molecule has 0 atom stereocenters. The fourth-order valence-corrected chi connectivity index (χ4v) is 0.849. The van der Waals surface area contributed by atoms with Gasteiger partial charge in [-0.15, -0.1) is 12.6 Å². The van der Waals surface area contributed by atoms with Crippen LogP contribution in [0.25, 0.3) is 0 Å². The van der Waals surface area contributed by atoms with Gasteiger partial charge in [0.15, 0.2) is 0 Å². The summed E-state index contributed by atoms with van der Waals surface area (Å²) in [5.74, 6) is 0. The van der Waals surface area contributed by atoms with Crippen molar-refractivity contribution in [3.8, 4) is 0 Å². The smallest absolute Gasteiger partial charge is 0.0470 e. The third-order valence-corrected chi connectivity index (χ3v) is 1.72. The van der Waals surface area contributed by atoms with E-state index in [1.54, 1.807) is 0 Å². The monoisotopic (exact) mass is 154 g/mol. The first kappa shape index (κ1) is 7.28. The first-order valence-electron chi connectivity index (χ1n) is 3.00. The minimum atomic E-state index is 0.704. The van der Waals surface area contributed by atoms with E-state index in [1.807, 2.05) is 25.2 Å². The topological polar surface area (TPSA) is 38.0 Å². The molecule has 0 aliphatic rings. The lowest BCUT2D eigenvalue weighted by atomic mass is 10.3. The number of nitrogen functional groups attached to an aromatic ring is 1. The van der Waals surface area contributed by atoms with Crippen molar-refractivity contribution in [3.63, 3.8) is 0 Å². The Balaban J connectivity index is 3.04. The molecule has 0 radical (unpaired) electrons. The second kappa shape index (κ2) is 2.84. The molecule has 0 aromatic heterocycles. The molecule has 0 saturated heterocycles. The molecule has 0 spiro atoms. The van der Waals surface area contributed by atoms with Crippen LogP contribution in [0.1, 0.15) is 0 Å². The molecule has 0 amide bonds. The Morgan fingerprint density at radius 3 is 2.70 bits per heavy atom. The Morgan fingerprint density at radius 2 is 2.20 bits per heavy atom. The van der Waals surface area contributed by atoms with Crippen LogP contribution in [0, 0.1) is 0 Å². The minimum Gasteiger partial charge on any atom is -0.398 e. The van der Waals surface area contributed by atoms with Gasteiger partial charge in [0.1, 0.15) is 0 Å². The zero-order valence-electron chi connectivity index (χ0n) is 5.76. The number of nitrogens with two attached hydrogens (primary N) is 1. The molecule has 0 saturated carbocycles. The molecular weight excluding hydrogens is 144 g/mol. The molecule has 3 N–H and O–H groups in total. The quantitative estimate of drug-likeness (QED) is 0.424. The van der Waals surface area contributed by atoms with Gasteiger partial charge in [0.05, 0.1) is 0 Å². The van der Waals surface area contributed by atoms with Crippen molar-refractivity contribution in [1.82, 2.24) is 0 Å². The second-order valence-electron chi connectivity index (χ2n) is 2.02. The summed E-state index contributed by atoms with van der Waals surface area (Å²) >= 11 is 4.13. The number of nitrogens with one attached hydrogen (secondary N) is 1. The van der Waals surface area contributed by atoms with E-state index in [4.69, 9.17) is 5.73 Å². The lowest BCUT2D eigenvalue weighted by Crippen LogP contribution is -1.91. The van der Waals surface area contributed by atoms with Gasteiger partial charge in [0, 0.05) is 23.3 Å². The van der Waals surface area contributed by atoms with Gasteiger partial charge in [-0.2, -0.15) is 0 Å². The van der Waals surface area contributed by atoms with Crippen molar-refractivity contribution in [1.29, 1.82) is 0 Å². The summed E-state index contributed by atoms with van der Waals surface area (Å²) in [7, 11) is 1.85. The van der Waals surface area contributed by atoms with Gasteiger partial charge in [-0.1, -0.05) is 0 Å². The zero-order chi connectivity index (χ0) is 7.56. The maximum atomic E-state index is 5.58. The summed E-state index contributed by atoms with van der Waals surface area (Å²) in [6.45, 7) is 0. The van der Waals surface area contributed by atoms with Crippen LogP contribution in [0.5, 0.6) is 0 Å². The summed E-state index contributed by atoms with van der Waals surface area (Å²) in [5, 5.41) is 2.98. The van der Waals surface area contributed by atoms with E-state index in [9.17, 15) is 0 Å². The molecular formula is C7H10N2S. The van der Waals surface area contributed by atoms with Crippen molar-refractivity contribution in [2.45, 2.75) is 4.90 Å². The Kier molecular flexibility index (Phi) is 2.06. The normalized spacial score (nSPS) is 9.40. The van der Waals surface area contributed by atoms with Gasteiger partial charge in [-0.05, 0) is 18.2 Å². The van der Waals surface area contributed by atoms with E-state index < -0.39 is 0 Å². The SMILES string of the molecule is CNc1ccc(S)c(N)c1. The Labute approximate surface area is 65.8 Å². The molecule has 0 unspecified atom stereocenters. The predicted molar refractivity (Wildman–Crippen MR) is 47.7 cm³/mol. The Bertz CT molecular complexity index is 235. The lowest BCUT2D eigenvalue weighted by Gasteiger charge is -2.02. The third-order valence-electron chi connectivity index (χ3n) is 1.32. The van der Waals surface area contributed by atoms with Crippen LogP contribution in [0.15, 0.2) is 23.1 Å². The van der Waals surface area contributed by atoms with Gasteiger partial charge in [0.2, 0.25) is 0 Å². The minimum absolute atomic E-state index is 0.704. The largest absolute Gasteiger partial charge is 0.398 e. The van der Waals surface area contributed by atoms with Crippen LogP contribution in [-0.4, -0.2) is 7.05 Å². The third kappa shape index (κ3) is 1.36. The van der Waals surface area contributed by atoms with Crippen LogP contribution in [0.3, 0.4) is 0 Å². The van der Waals surface area contributed by atoms with Crippen molar-refractivity contribution >= 4 is 24.0 Å². The number of hydrogen-bond donors (Lipinski definition) is 3. The first-order chi connectivity index (χ1) is 4.74. The number of benzene rings is 1. The molecule has 0 aliphatic carbocycles. The van der Waals surface area contributed by atoms with Crippen LogP contribution in [0.4, 0.5) is 11.4 Å². The number of anilines is 2. The van der Waals surface area contributed by atoms with Crippen LogP contribution < -0.4 is 11.1 Å². The van der Waals surface area contributed by atoms with Crippen molar-refractivity contribution < 1.29 is 0 Å². The Hall–Kier alpha value is -0.830. The molecule has 2 nitrogen and oxygen atoms in total. The predicted octanol–water partition coefficient (Wildman–Crippen LogP) is 1.60. The van der Waals surface area contributed by atoms with Gasteiger partial charge in [-0.3, -0.25) is 0 Å². The maximum Gasteiger partial charge on any atom is 0.0470 e. The van der Waals surface area contributed by atoms with E-state index in [0.29, 0.717) is 5.69 Å². The number of hydrogen-bond acceptors (Lipinski definition) is 3. The lowest BCUT2D eigenvalue weighted by molar-refractivity contribution is 1.43. The molecule has 0 heterocycles. The van der Waals surface area contributed by atoms with Crippen molar-refractivity contribution in [2.75, 3.05) is 18.1 Å². The van der Waals surface area contributed by atoms with Crippen LogP contribution in [-0.2, 0) is 0 Å². The van der Waals surface area contributed by atoms with E-state index >= 15 is 0 Å². The maximum absolute atomic E-state index is 5.58. The molecule has 1 rings (SSSR count). The van der Waals surface area contributed by atoms with Gasteiger partial charge < -0.3 is 11.1 Å². The molecule has 10 heavy (non-hydrogen) atoms. The Morgan fingerprint density at radius 1 is 1.50 bits per heavy atom. The van der Waals surface area contributed by atoms with E-state index in [0.717, 1.165) is 10.6 Å². The fourth-order valence-electron chi connectivity index (χ4n) is 0.710. The van der Waals surface area contributed by atoms with Crippen LogP contribution in [0.2, 0.25) is 0 Å². The van der Waals surface area contributed by atoms with Crippen molar-refractivity contribution in [3.05, 3.63) is 18.2 Å². The summed E-state index contributed by atoms with van der Waals surface area (Å²) in [4.78, 5) is 0.819. The molecule has 0 bridgehead atoms. The van der Waals surface area contributed by atoms with Crippen molar-refractivity contribution in [2.24, 2.45) is 0 Å². The fraction of sp³-hybridized carbons (Fsp3) is 0.143. The van der Waals surface area contributed by atoms with Gasteiger partial charge in [-0.25, -0.2) is 0 Å². The zero-order valence-corrected chi connectivity index (χ0v) is 6.65. The average Bonchev–Trinajstić information content (AvgIpc) is 1.95. The standard InChI is InChI=1S/C7H10N2S/c1-9-5-2-3-7(10)6(8)4-5/h2-4,9-10H,8H2,1H3. The van der Waals surface area contributed by atoms with Crippen LogP contribution >= 0.6 is 12.6 Å². The highest BCUT2D eigenvalue weighted by Crippen LogP contribution is 2.19. The molecule has 1 aromatic carbocycles. The summed E-state index contributed by atoms with van der Waals surface area (Å²) in [6.07, 6.45) is 0. The molecule has 0 aliphatic heterocycles. The summed E-state index contributed by atoms with van der Waals surface area (Å²) in [5.41, 5.74) is 7.29. The first-order valence-corrected chi connectivity index (χ1v) is 3.45. The van der Waals surface area contributed by atoms with E-state index in [2.05, 4.69) is 17.9 Å².